The van der Waals surface area contributed by atoms with Crippen LogP contribution in [0, 0.1) is 17.0 Å². The summed E-state index contributed by atoms with van der Waals surface area (Å²) in [4.78, 5) is 22.1. The minimum atomic E-state index is -0.515. The maximum atomic E-state index is 11.8. The smallest absolute Gasteiger partial charge is 0.324 e. The maximum absolute atomic E-state index is 11.8. The first-order valence-electron chi connectivity index (χ1n) is 6.13. The lowest BCUT2D eigenvalue weighted by Crippen LogP contribution is -2.28. The second-order valence-corrected chi connectivity index (χ2v) is 5.20. The number of aromatic nitrogens is 2. The van der Waals surface area contributed by atoms with Crippen LogP contribution in [0.2, 0.25) is 0 Å². The van der Waals surface area contributed by atoms with E-state index in [0.717, 1.165) is 17.0 Å². The summed E-state index contributed by atoms with van der Waals surface area (Å²) in [6.07, 6.45) is 0. The number of hydrogen-bond acceptors (Lipinski definition) is 7. The maximum Gasteiger partial charge on any atom is 0.324 e. The Morgan fingerprint density at radius 1 is 1.29 bits per heavy atom. The first-order chi connectivity index (χ1) is 10.1. The van der Waals surface area contributed by atoms with E-state index in [9.17, 15) is 14.9 Å². The Kier molecular flexibility index (Phi) is 4.77. The van der Waals surface area contributed by atoms with Gasteiger partial charge in [0.2, 0.25) is 0 Å². The van der Waals surface area contributed by atoms with E-state index in [0.29, 0.717) is 23.8 Å². The largest absolute Gasteiger partial charge is 0.367 e. The van der Waals surface area contributed by atoms with Crippen LogP contribution in [-0.4, -0.2) is 34.1 Å². The predicted octanol–water partition coefficient (Wildman–Crippen LogP) is 1.60. The minimum Gasteiger partial charge on any atom is -0.367 e. The van der Waals surface area contributed by atoms with Crippen LogP contribution in [-0.2, 0) is 0 Å². The molecule has 0 aliphatic rings. The summed E-state index contributed by atoms with van der Waals surface area (Å²) in [7, 11) is 0. The van der Waals surface area contributed by atoms with E-state index in [1.54, 1.807) is 6.07 Å². The average molecular weight is 307 g/mol. The second-order valence-electron chi connectivity index (χ2n) is 4.14. The molecule has 2 aromatic heterocycles. The number of carbonyl (C=O) groups excluding carboxylic acids is 1. The molecule has 0 saturated carbocycles. The summed E-state index contributed by atoms with van der Waals surface area (Å²) >= 11 is 0.851. The molecule has 0 radical (unpaired) electrons. The lowest BCUT2D eigenvalue weighted by Gasteiger charge is -2.06. The van der Waals surface area contributed by atoms with Crippen LogP contribution in [0.5, 0.6) is 0 Å². The van der Waals surface area contributed by atoms with Crippen molar-refractivity contribution in [3.8, 4) is 0 Å². The molecule has 0 atom stereocenters. The zero-order valence-corrected chi connectivity index (χ0v) is 12.0. The molecule has 0 aromatic carbocycles. The Hall–Kier alpha value is -2.55. The Morgan fingerprint density at radius 3 is 2.71 bits per heavy atom. The fraction of sp³-hybridized carbons (Fsp3) is 0.250. The van der Waals surface area contributed by atoms with Gasteiger partial charge < -0.3 is 10.6 Å². The molecule has 0 bridgehead atoms. The summed E-state index contributed by atoms with van der Waals surface area (Å²) in [5, 5.41) is 24.0. The third kappa shape index (κ3) is 4.21. The molecule has 0 fully saturated rings. The highest BCUT2D eigenvalue weighted by Crippen LogP contribution is 2.23. The van der Waals surface area contributed by atoms with E-state index in [2.05, 4.69) is 20.8 Å². The van der Waals surface area contributed by atoms with Crippen molar-refractivity contribution in [1.29, 1.82) is 0 Å². The highest BCUT2D eigenvalue weighted by atomic mass is 32.1. The molecule has 0 aliphatic carbocycles. The van der Waals surface area contributed by atoms with E-state index in [1.165, 1.54) is 12.1 Å². The zero-order chi connectivity index (χ0) is 15.2. The molecular weight excluding hydrogens is 294 g/mol. The van der Waals surface area contributed by atoms with Crippen LogP contribution < -0.4 is 10.6 Å². The van der Waals surface area contributed by atoms with Crippen LogP contribution in [0.1, 0.15) is 15.4 Å². The van der Waals surface area contributed by atoms with Gasteiger partial charge in [0.1, 0.15) is 5.82 Å². The first kappa shape index (κ1) is 14.9. The monoisotopic (exact) mass is 307 g/mol. The SMILES string of the molecule is Cc1ccc(NCCNC(=O)c2ccc([N+](=O)[O-])s2)nn1. The minimum absolute atomic E-state index is 0.0480. The van der Waals surface area contributed by atoms with Gasteiger partial charge in [-0.3, -0.25) is 14.9 Å². The van der Waals surface area contributed by atoms with Gasteiger partial charge in [-0.05, 0) is 25.1 Å². The van der Waals surface area contributed by atoms with Gasteiger partial charge in [-0.1, -0.05) is 11.3 Å². The lowest BCUT2D eigenvalue weighted by molar-refractivity contribution is -0.380. The van der Waals surface area contributed by atoms with Crippen molar-refractivity contribution in [2.24, 2.45) is 0 Å². The third-order valence-corrected chi connectivity index (χ3v) is 3.55. The van der Waals surface area contributed by atoms with Crippen molar-refractivity contribution in [3.05, 3.63) is 45.0 Å². The Balaban J connectivity index is 1.76. The number of amides is 1. The number of nitrogens with one attached hydrogen (secondary N) is 2. The van der Waals surface area contributed by atoms with E-state index >= 15 is 0 Å². The number of aryl methyl sites for hydroxylation is 1. The topological polar surface area (TPSA) is 110 Å². The quantitative estimate of drug-likeness (QED) is 0.476. The van der Waals surface area contributed by atoms with Crippen molar-refractivity contribution in [1.82, 2.24) is 15.5 Å². The number of anilines is 1. The molecule has 2 rings (SSSR count). The number of hydrogen-bond donors (Lipinski definition) is 2. The van der Waals surface area contributed by atoms with Gasteiger partial charge in [-0.15, -0.1) is 5.10 Å². The number of carbonyl (C=O) groups is 1. The summed E-state index contributed by atoms with van der Waals surface area (Å²) in [6.45, 7) is 2.70. The van der Waals surface area contributed by atoms with Gasteiger partial charge in [0.05, 0.1) is 15.5 Å². The molecule has 0 aliphatic heterocycles. The number of nitrogens with zero attached hydrogens (tertiary/aromatic N) is 3. The number of rotatable bonds is 6. The van der Waals surface area contributed by atoms with Gasteiger partial charge in [0.15, 0.2) is 0 Å². The third-order valence-electron chi connectivity index (χ3n) is 2.51. The van der Waals surface area contributed by atoms with Crippen molar-refractivity contribution in [3.63, 3.8) is 0 Å². The fourth-order valence-electron chi connectivity index (χ4n) is 1.49. The van der Waals surface area contributed by atoms with Crippen LogP contribution in [0.3, 0.4) is 0 Å². The molecule has 0 saturated heterocycles. The second kappa shape index (κ2) is 6.75. The van der Waals surface area contributed by atoms with Gasteiger partial charge in [0, 0.05) is 19.2 Å². The molecule has 1 amide bonds. The summed E-state index contributed by atoms with van der Waals surface area (Å²) < 4.78 is 0. The normalized spacial score (nSPS) is 10.1. The van der Waals surface area contributed by atoms with Crippen molar-refractivity contribution in [2.45, 2.75) is 6.92 Å². The molecule has 0 unspecified atom stereocenters. The molecule has 8 nitrogen and oxygen atoms in total. The highest BCUT2D eigenvalue weighted by molar-refractivity contribution is 7.17. The van der Waals surface area contributed by atoms with Crippen LogP contribution in [0.15, 0.2) is 24.3 Å². The Morgan fingerprint density at radius 2 is 2.10 bits per heavy atom. The standard InChI is InChI=1S/C12H13N5O3S/c1-8-2-4-10(16-15-8)13-6-7-14-12(18)9-3-5-11(21-9)17(19)20/h2-5H,6-7H2,1H3,(H,13,16)(H,14,18). The molecule has 9 heteroatoms. The van der Waals surface area contributed by atoms with Gasteiger partial charge in [-0.2, -0.15) is 5.10 Å². The van der Waals surface area contributed by atoms with Gasteiger partial charge in [0.25, 0.3) is 5.91 Å². The average Bonchev–Trinajstić information content (AvgIpc) is 2.95. The van der Waals surface area contributed by atoms with Crippen LogP contribution in [0.4, 0.5) is 10.8 Å². The number of nitro groups is 1. The molecular formula is C12H13N5O3S. The highest BCUT2D eigenvalue weighted by Gasteiger charge is 2.14. The molecule has 2 heterocycles. The zero-order valence-electron chi connectivity index (χ0n) is 11.2. The lowest BCUT2D eigenvalue weighted by atomic mass is 10.4. The summed E-state index contributed by atoms with van der Waals surface area (Å²) in [5.41, 5.74) is 0.827. The van der Waals surface area contributed by atoms with E-state index in [4.69, 9.17) is 0 Å². The fourth-order valence-corrected chi connectivity index (χ4v) is 2.23. The Labute approximate surface area is 124 Å². The molecule has 2 aromatic rings. The van der Waals surface area contributed by atoms with Crippen molar-refractivity contribution < 1.29 is 9.72 Å². The van der Waals surface area contributed by atoms with Crippen LogP contribution >= 0.6 is 11.3 Å². The van der Waals surface area contributed by atoms with E-state index in [1.807, 2.05) is 13.0 Å². The van der Waals surface area contributed by atoms with Crippen LogP contribution in [0.25, 0.3) is 0 Å². The molecule has 2 N–H and O–H groups in total. The number of thiophene rings is 1. The van der Waals surface area contributed by atoms with Gasteiger partial charge in [-0.25, -0.2) is 0 Å². The van der Waals surface area contributed by atoms with E-state index < -0.39 is 4.92 Å². The summed E-state index contributed by atoms with van der Waals surface area (Å²) in [5.74, 6) is 0.298. The van der Waals surface area contributed by atoms with Crippen molar-refractivity contribution >= 4 is 28.1 Å². The molecule has 110 valence electrons. The Bertz CT molecular complexity index is 641. The molecule has 21 heavy (non-hydrogen) atoms. The van der Waals surface area contributed by atoms with E-state index in [-0.39, 0.29) is 10.9 Å². The molecule has 0 spiro atoms. The van der Waals surface area contributed by atoms with Gasteiger partial charge >= 0.3 is 5.00 Å². The predicted molar refractivity (Wildman–Crippen MR) is 78.6 cm³/mol. The summed E-state index contributed by atoms with van der Waals surface area (Å²) in [6, 6.07) is 6.39. The first-order valence-corrected chi connectivity index (χ1v) is 6.94. The van der Waals surface area contributed by atoms with Crippen molar-refractivity contribution in [2.75, 3.05) is 18.4 Å².